The fourth-order valence-electron chi connectivity index (χ4n) is 3.83. The predicted molar refractivity (Wildman–Crippen MR) is 110 cm³/mol. The Hall–Kier alpha value is -2.20. The Bertz CT molecular complexity index is 811. The van der Waals surface area contributed by atoms with Gasteiger partial charge in [-0.1, -0.05) is 17.7 Å². The van der Waals surface area contributed by atoms with Crippen molar-refractivity contribution in [2.75, 3.05) is 16.0 Å². The number of hydrogen-bond donors (Lipinski definition) is 2. The highest BCUT2D eigenvalue weighted by Crippen LogP contribution is 2.36. The zero-order valence-electron chi connectivity index (χ0n) is 15.6. The largest absolute Gasteiger partial charge is 0.397 e. The molecule has 1 fully saturated rings. The number of carbonyl (C=O) groups excluding carboxylic acids is 1. The second-order valence-electron chi connectivity index (χ2n) is 7.23. The van der Waals surface area contributed by atoms with Crippen LogP contribution in [0.1, 0.15) is 49.0 Å². The van der Waals surface area contributed by atoms with Crippen molar-refractivity contribution < 1.29 is 4.79 Å². The van der Waals surface area contributed by atoms with Gasteiger partial charge in [-0.3, -0.25) is 4.79 Å². The number of piperidine rings is 1. The predicted octanol–water partition coefficient (Wildman–Crippen LogP) is 5.25. The van der Waals surface area contributed by atoms with E-state index in [1.54, 1.807) is 24.3 Å². The van der Waals surface area contributed by atoms with Crippen LogP contribution in [0.3, 0.4) is 0 Å². The number of amides is 1. The molecule has 5 heteroatoms. The van der Waals surface area contributed by atoms with Crippen LogP contribution in [-0.4, -0.2) is 18.0 Å². The number of nitrogen functional groups attached to an aromatic ring is 1. The van der Waals surface area contributed by atoms with Gasteiger partial charge in [-0.25, -0.2) is 0 Å². The van der Waals surface area contributed by atoms with Crippen LogP contribution in [0.25, 0.3) is 0 Å². The number of rotatable bonds is 3. The van der Waals surface area contributed by atoms with Crippen LogP contribution in [-0.2, 0) is 0 Å². The Labute approximate surface area is 160 Å². The quantitative estimate of drug-likeness (QED) is 0.724. The number of aryl methyl sites for hydroxylation is 1. The van der Waals surface area contributed by atoms with Gasteiger partial charge in [-0.2, -0.15) is 0 Å². The summed E-state index contributed by atoms with van der Waals surface area (Å²) in [7, 11) is 0. The maximum atomic E-state index is 12.6. The minimum atomic E-state index is -0.214. The molecular formula is C21H26ClN3O. The molecule has 1 saturated heterocycles. The summed E-state index contributed by atoms with van der Waals surface area (Å²) in [5.41, 5.74) is 10.2. The van der Waals surface area contributed by atoms with Crippen LogP contribution < -0.4 is 16.0 Å². The second-order valence-corrected chi connectivity index (χ2v) is 7.66. The summed E-state index contributed by atoms with van der Waals surface area (Å²) < 4.78 is 0. The molecule has 1 amide bonds. The third-order valence-corrected chi connectivity index (χ3v) is 5.41. The van der Waals surface area contributed by atoms with Crippen LogP contribution >= 0.6 is 11.6 Å². The highest BCUT2D eigenvalue weighted by Gasteiger charge is 2.26. The zero-order valence-corrected chi connectivity index (χ0v) is 16.3. The molecular weight excluding hydrogens is 346 g/mol. The number of halogens is 1. The Balaban J connectivity index is 1.92. The summed E-state index contributed by atoms with van der Waals surface area (Å²) in [5.74, 6) is -0.214. The Kier molecular flexibility index (Phi) is 5.42. The van der Waals surface area contributed by atoms with Crippen molar-refractivity contribution in [3.8, 4) is 0 Å². The number of anilines is 3. The van der Waals surface area contributed by atoms with Crippen molar-refractivity contribution in [2.24, 2.45) is 0 Å². The molecule has 138 valence electrons. The molecule has 4 nitrogen and oxygen atoms in total. The van der Waals surface area contributed by atoms with Crippen molar-refractivity contribution in [3.05, 3.63) is 52.5 Å². The van der Waals surface area contributed by atoms with E-state index in [9.17, 15) is 4.79 Å². The second kappa shape index (κ2) is 7.58. The molecule has 1 aliphatic heterocycles. The minimum absolute atomic E-state index is 0.214. The molecule has 0 spiro atoms. The summed E-state index contributed by atoms with van der Waals surface area (Å²) >= 11 is 5.99. The molecule has 1 aliphatic rings. The van der Waals surface area contributed by atoms with Crippen molar-refractivity contribution in [1.29, 1.82) is 0 Å². The first kappa shape index (κ1) is 18.6. The van der Waals surface area contributed by atoms with Gasteiger partial charge in [0.1, 0.15) is 0 Å². The molecule has 26 heavy (non-hydrogen) atoms. The Morgan fingerprint density at radius 3 is 2.54 bits per heavy atom. The molecule has 3 N–H and O–H groups in total. The molecule has 0 aliphatic carbocycles. The highest BCUT2D eigenvalue weighted by atomic mass is 35.5. The third-order valence-electron chi connectivity index (χ3n) is 5.17. The first-order valence-corrected chi connectivity index (χ1v) is 9.50. The lowest BCUT2D eigenvalue weighted by atomic mass is 9.95. The van der Waals surface area contributed by atoms with Gasteiger partial charge in [-0.15, -0.1) is 0 Å². The smallest absolute Gasteiger partial charge is 0.255 e. The fourth-order valence-corrected chi connectivity index (χ4v) is 4.02. The van der Waals surface area contributed by atoms with E-state index in [1.165, 1.54) is 19.3 Å². The standard InChI is InChI=1S/C21H26ClN3O/c1-13-10-18(23)19(24-21(26)16-8-5-9-17(22)11-16)12-20(13)25-14(2)6-4-7-15(25)3/h5,8-12,14-15H,4,6-7,23H2,1-3H3,(H,24,26)/t14-,15-/m0/s1. The van der Waals surface area contributed by atoms with Gasteiger partial charge >= 0.3 is 0 Å². The average molecular weight is 372 g/mol. The summed E-state index contributed by atoms with van der Waals surface area (Å²) in [4.78, 5) is 15.0. The van der Waals surface area contributed by atoms with Crippen molar-refractivity contribution in [2.45, 2.75) is 52.1 Å². The van der Waals surface area contributed by atoms with Gasteiger partial charge in [0, 0.05) is 28.4 Å². The molecule has 2 atom stereocenters. The van der Waals surface area contributed by atoms with Gasteiger partial charge in [-0.05, 0) is 75.9 Å². The monoisotopic (exact) mass is 371 g/mol. The van der Waals surface area contributed by atoms with Gasteiger partial charge in [0.2, 0.25) is 0 Å². The molecule has 0 bridgehead atoms. The summed E-state index contributed by atoms with van der Waals surface area (Å²) in [6, 6.07) is 11.8. The van der Waals surface area contributed by atoms with E-state index in [1.807, 2.05) is 12.1 Å². The number of carbonyl (C=O) groups is 1. The summed E-state index contributed by atoms with van der Waals surface area (Å²) in [6.07, 6.45) is 3.61. The van der Waals surface area contributed by atoms with Crippen LogP contribution in [0.2, 0.25) is 5.02 Å². The molecule has 0 radical (unpaired) electrons. The SMILES string of the molecule is Cc1cc(N)c(NC(=O)c2cccc(Cl)c2)cc1N1[C@@H](C)CCC[C@@H]1C. The van der Waals surface area contributed by atoms with E-state index in [-0.39, 0.29) is 5.91 Å². The first-order valence-electron chi connectivity index (χ1n) is 9.12. The number of benzene rings is 2. The number of nitrogens with zero attached hydrogens (tertiary/aromatic N) is 1. The fraction of sp³-hybridized carbons (Fsp3) is 0.381. The van der Waals surface area contributed by atoms with E-state index in [0.29, 0.717) is 34.0 Å². The maximum absolute atomic E-state index is 12.6. The van der Waals surface area contributed by atoms with Crippen molar-refractivity contribution in [1.82, 2.24) is 0 Å². The maximum Gasteiger partial charge on any atom is 0.255 e. The van der Waals surface area contributed by atoms with Gasteiger partial charge in [0.25, 0.3) is 5.91 Å². The van der Waals surface area contributed by atoms with E-state index in [2.05, 4.69) is 31.0 Å². The Morgan fingerprint density at radius 2 is 1.88 bits per heavy atom. The number of nitrogens with two attached hydrogens (primary N) is 1. The van der Waals surface area contributed by atoms with Gasteiger partial charge in [0.15, 0.2) is 0 Å². The van der Waals surface area contributed by atoms with E-state index >= 15 is 0 Å². The molecule has 0 aromatic heterocycles. The van der Waals surface area contributed by atoms with E-state index in [0.717, 1.165) is 11.3 Å². The normalized spacial score (nSPS) is 20.1. The van der Waals surface area contributed by atoms with Gasteiger partial charge < -0.3 is 16.0 Å². The van der Waals surface area contributed by atoms with Crippen LogP contribution in [0.15, 0.2) is 36.4 Å². The molecule has 3 rings (SSSR count). The molecule has 2 aromatic rings. The average Bonchev–Trinajstić information content (AvgIpc) is 2.58. The lowest BCUT2D eigenvalue weighted by Gasteiger charge is -2.42. The lowest BCUT2D eigenvalue weighted by molar-refractivity contribution is 0.102. The Morgan fingerprint density at radius 1 is 1.19 bits per heavy atom. The molecule has 1 heterocycles. The summed E-state index contributed by atoms with van der Waals surface area (Å²) in [5, 5.41) is 3.47. The molecule has 0 unspecified atom stereocenters. The molecule has 2 aromatic carbocycles. The summed E-state index contributed by atoms with van der Waals surface area (Å²) in [6.45, 7) is 6.59. The number of hydrogen-bond acceptors (Lipinski definition) is 3. The topological polar surface area (TPSA) is 58.4 Å². The third kappa shape index (κ3) is 3.80. The van der Waals surface area contributed by atoms with Crippen molar-refractivity contribution in [3.63, 3.8) is 0 Å². The van der Waals surface area contributed by atoms with Crippen LogP contribution in [0, 0.1) is 6.92 Å². The van der Waals surface area contributed by atoms with Gasteiger partial charge in [0.05, 0.1) is 11.4 Å². The first-order chi connectivity index (χ1) is 12.4. The molecule has 0 saturated carbocycles. The van der Waals surface area contributed by atoms with E-state index in [4.69, 9.17) is 17.3 Å². The van der Waals surface area contributed by atoms with Crippen molar-refractivity contribution >= 4 is 34.6 Å². The number of nitrogens with one attached hydrogen (secondary N) is 1. The highest BCUT2D eigenvalue weighted by molar-refractivity contribution is 6.31. The van der Waals surface area contributed by atoms with Crippen LogP contribution in [0.5, 0.6) is 0 Å². The zero-order chi connectivity index (χ0) is 18.8. The van der Waals surface area contributed by atoms with E-state index < -0.39 is 0 Å². The van der Waals surface area contributed by atoms with Crippen LogP contribution in [0.4, 0.5) is 17.1 Å². The minimum Gasteiger partial charge on any atom is -0.397 e. The lowest BCUT2D eigenvalue weighted by Crippen LogP contribution is -2.44.